The quantitative estimate of drug-likeness (QED) is 0.183. The second kappa shape index (κ2) is 22.2. The van der Waals surface area contributed by atoms with Crippen LogP contribution in [0.3, 0.4) is 0 Å². The Balaban J connectivity index is -0.000000980. The number of aliphatic carboxylic acids is 4. The zero-order valence-electron chi connectivity index (χ0n) is 18.5. The molecule has 0 unspecified atom stereocenters. The number of carbonyl (C=O) groups excluding carboxylic acids is 4. The first-order valence-electron chi connectivity index (χ1n) is 7.76. The van der Waals surface area contributed by atoms with E-state index in [0.29, 0.717) is 0 Å². The minimum Gasteiger partial charge on any atom is -0.549 e. The fourth-order valence-corrected chi connectivity index (χ4v) is 2.47. The van der Waals surface area contributed by atoms with Crippen LogP contribution in [-0.2, 0) is 32.3 Å². The van der Waals surface area contributed by atoms with E-state index in [2.05, 4.69) is 0 Å². The topological polar surface area (TPSA) is 207 Å². The van der Waals surface area contributed by atoms with Gasteiger partial charge in [-0.25, -0.2) is 0 Å². The molecule has 0 fully saturated rings. The SMILES string of the molecule is O=C([O-])CN(CC(=O)[O-])Cc1ccc(CN(CC(=O)[O-])CC(=O)[O-])c(O)c1O.[K+].[K+].[K+].[K+]. The third-order valence-corrected chi connectivity index (χ3v) is 3.52. The van der Waals surface area contributed by atoms with Crippen molar-refractivity contribution in [2.75, 3.05) is 26.2 Å². The van der Waals surface area contributed by atoms with Gasteiger partial charge in [0, 0.05) is 50.4 Å². The number of carboxylic acids is 4. The summed E-state index contributed by atoms with van der Waals surface area (Å²) in [5.74, 6) is -7.69. The average Bonchev–Trinajstić information content (AvgIpc) is 2.52. The summed E-state index contributed by atoms with van der Waals surface area (Å²) in [7, 11) is 0. The number of phenolic OH excluding ortho intramolecular Hbond substituents is 2. The van der Waals surface area contributed by atoms with Gasteiger partial charge in [-0.1, -0.05) is 12.1 Å². The van der Waals surface area contributed by atoms with Crippen molar-refractivity contribution in [1.82, 2.24) is 9.80 Å². The molecular formula is C16H16K4N2O10. The maximum atomic E-state index is 10.7. The predicted molar refractivity (Wildman–Crippen MR) is 80.4 cm³/mol. The largest absolute Gasteiger partial charge is 1.00 e. The molecule has 12 nitrogen and oxygen atoms in total. The molecule has 1 rings (SSSR count). The van der Waals surface area contributed by atoms with E-state index in [1.54, 1.807) is 0 Å². The minimum absolute atomic E-state index is 0. The van der Waals surface area contributed by atoms with Gasteiger partial charge in [-0.3, -0.25) is 9.80 Å². The van der Waals surface area contributed by atoms with Gasteiger partial charge in [0.2, 0.25) is 0 Å². The molecule has 0 aromatic heterocycles. The van der Waals surface area contributed by atoms with Crippen LogP contribution < -0.4 is 226 Å². The number of carbonyl (C=O) groups is 4. The molecule has 0 bridgehead atoms. The summed E-state index contributed by atoms with van der Waals surface area (Å²) in [5.41, 5.74) is -0.0646. The summed E-state index contributed by atoms with van der Waals surface area (Å²) in [6, 6.07) is 2.47. The molecular weight excluding hydrogens is 537 g/mol. The summed E-state index contributed by atoms with van der Waals surface area (Å²) in [6.07, 6.45) is 0. The first-order chi connectivity index (χ1) is 13.0. The number of benzene rings is 1. The molecule has 0 aliphatic rings. The minimum atomic E-state index is -1.57. The van der Waals surface area contributed by atoms with E-state index in [0.717, 1.165) is 9.80 Å². The average molecular weight is 553 g/mol. The van der Waals surface area contributed by atoms with Crippen molar-refractivity contribution in [1.29, 1.82) is 0 Å². The van der Waals surface area contributed by atoms with E-state index in [1.807, 2.05) is 0 Å². The van der Waals surface area contributed by atoms with Crippen molar-refractivity contribution in [3.63, 3.8) is 0 Å². The fourth-order valence-electron chi connectivity index (χ4n) is 2.47. The van der Waals surface area contributed by atoms with Crippen LogP contribution in [-0.4, -0.2) is 70.1 Å². The van der Waals surface area contributed by atoms with Crippen molar-refractivity contribution in [3.05, 3.63) is 23.3 Å². The van der Waals surface area contributed by atoms with E-state index in [9.17, 15) is 49.8 Å². The van der Waals surface area contributed by atoms with Gasteiger partial charge in [0.25, 0.3) is 0 Å². The Morgan fingerprint density at radius 2 is 0.812 bits per heavy atom. The molecule has 154 valence electrons. The third kappa shape index (κ3) is 17.6. The van der Waals surface area contributed by atoms with Gasteiger partial charge in [-0.05, 0) is 0 Å². The molecule has 0 heterocycles. The van der Waals surface area contributed by atoms with Crippen molar-refractivity contribution >= 4 is 23.9 Å². The predicted octanol–water partition coefficient (Wildman–Crippen LogP) is -18.3. The van der Waals surface area contributed by atoms with Crippen LogP contribution in [0.1, 0.15) is 11.1 Å². The Labute approximate surface area is 354 Å². The molecule has 0 atom stereocenters. The summed E-state index contributed by atoms with van der Waals surface area (Å²) in [6.45, 7) is -3.88. The Hall–Kier alpha value is 3.17. The first kappa shape index (κ1) is 42.3. The summed E-state index contributed by atoms with van der Waals surface area (Å²) in [4.78, 5) is 44.5. The van der Waals surface area contributed by atoms with E-state index < -0.39 is 61.6 Å². The standard InChI is InChI=1S/C16H20N2O10.4K/c19-11(20)5-17(6-12(21)22)3-9-1-2-10(16(28)15(9)27)4-18(7-13(23)24)8-14(25)26;;;;/h1-2,27-28H,3-8H2,(H,19,20)(H,21,22)(H,23,24)(H,25,26);;;;/q;4*+1/p-4. The molecule has 0 saturated heterocycles. The van der Waals surface area contributed by atoms with Crippen molar-refractivity contribution < 1.29 is 255 Å². The first-order valence-corrected chi connectivity index (χ1v) is 7.76. The molecule has 32 heavy (non-hydrogen) atoms. The molecule has 0 aliphatic carbocycles. The second-order valence-corrected chi connectivity index (χ2v) is 5.86. The Morgan fingerprint density at radius 1 is 0.594 bits per heavy atom. The molecule has 1 aromatic rings. The van der Waals surface area contributed by atoms with Gasteiger partial charge in [-0.15, -0.1) is 0 Å². The number of hydrogen-bond acceptors (Lipinski definition) is 12. The van der Waals surface area contributed by atoms with Crippen molar-refractivity contribution in [2.24, 2.45) is 0 Å². The van der Waals surface area contributed by atoms with E-state index in [1.165, 1.54) is 12.1 Å². The molecule has 0 saturated carbocycles. The Morgan fingerprint density at radius 3 is 1.00 bits per heavy atom. The summed E-state index contributed by atoms with van der Waals surface area (Å²) < 4.78 is 0. The molecule has 0 spiro atoms. The van der Waals surface area contributed by atoms with Crippen molar-refractivity contribution in [2.45, 2.75) is 13.1 Å². The maximum Gasteiger partial charge on any atom is 1.00 e. The maximum absolute atomic E-state index is 10.7. The Kier molecular flexibility index (Phi) is 29.3. The number of aromatic hydroxyl groups is 2. The van der Waals surface area contributed by atoms with Crippen LogP contribution in [0, 0.1) is 0 Å². The smallest absolute Gasteiger partial charge is 0.549 e. The van der Waals surface area contributed by atoms with Gasteiger partial charge in [0.05, 0.1) is 23.9 Å². The normalized spacial score (nSPS) is 9.56. The van der Waals surface area contributed by atoms with E-state index in [-0.39, 0.29) is 230 Å². The van der Waals surface area contributed by atoms with Gasteiger partial charge < -0.3 is 49.8 Å². The molecule has 2 N–H and O–H groups in total. The monoisotopic (exact) mass is 552 g/mol. The van der Waals surface area contributed by atoms with E-state index >= 15 is 0 Å². The fraction of sp³-hybridized carbons (Fsp3) is 0.375. The molecule has 1 aromatic carbocycles. The molecule has 0 radical (unpaired) electrons. The van der Waals surface area contributed by atoms with Gasteiger partial charge in [0.15, 0.2) is 11.5 Å². The molecule has 0 aliphatic heterocycles. The Bertz CT molecular complexity index is 686. The van der Waals surface area contributed by atoms with Crippen LogP contribution in [0.5, 0.6) is 11.5 Å². The van der Waals surface area contributed by atoms with Gasteiger partial charge in [0.1, 0.15) is 0 Å². The second-order valence-electron chi connectivity index (χ2n) is 5.86. The van der Waals surface area contributed by atoms with Crippen LogP contribution >= 0.6 is 0 Å². The van der Waals surface area contributed by atoms with Crippen LogP contribution in [0.4, 0.5) is 0 Å². The van der Waals surface area contributed by atoms with Crippen LogP contribution in [0.15, 0.2) is 12.1 Å². The van der Waals surface area contributed by atoms with Crippen molar-refractivity contribution in [3.8, 4) is 11.5 Å². The van der Waals surface area contributed by atoms with Crippen LogP contribution in [0.25, 0.3) is 0 Å². The van der Waals surface area contributed by atoms with Gasteiger partial charge in [-0.2, -0.15) is 0 Å². The molecule has 16 heteroatoms. The van der Waals surface area contributed by atoms with E-state index in [4.69, 9.17) is 0 Å². The van der Waals surface area contributed by atoms with Crippen LogP contribution in [0.2, 0.25) is 0 Å². The zero-order valence-corrected chi connectivity index (χ0v) is 30.9. The number of hydrogen-bond donors (Lipinski definition) is 2. The number of phenols is 2. The third-order valence-electron chi connectivity index (χ3n) is 3.52. The van der Waals surface area contributed by atoms with Gasteiger partial charge >= 0.3 is 206 Å². The summed E-state index contributed by atoms with van der Waals surface area (Å²) in [5, 5.41) is 63.0. The molecule has 0 amide bonds. The number of carboxylic acid groups (broad SMARTS) is 4. The zero-order chi connectivity index (χ0) is 21.4. The number of nitrogens with zero attached hydrogens (tertiary/aromatic N) is 2. The summed E-state index contributed by atoms with van der Waals surface area (Å²) >= 11 is 0. The number of rotatable bonds is 12.